The number of carbonyl (C=O) groups is 1. The van der Waals surface area contributed by atoms with Gasteiger partial charge in [-0.05, 0) is 29.7 Å². The molecule has 1 N–H and O–H groups in total. The largest absolute Gasteiger partial charge is 0.334 e. The minimum Gasteiger partial charge on any atom is -0.334 e. The predicted molar refractivity (Wildman–Crippen MR) is 102 cm³/mol. The summed E-state index contributed by atoms with van der Waals surface area (Å²) in [6.07, 6.45) is 1.04. The molecule has 0 unspecified atom stereocenters. The number of urea groups is 1. The van der Waals surface area contributed by atoms with Gasteiger partial charge in [-0.1, -0.05) is 61.5 Å². The second kappa shape index (κ2) is 8.17. The van der Waals surface area contributed by atoms with Crippen molar-refractivity contribution in [2.45, 2.75) is 25.9 Å². The fourth-order valence-electron chi connectivity index (χ4n) is 3.30. The van der Waals surface area contributed by atoms with Crippen molar-refractivity contribution in [3.05, 3.63) is 60.2 Å². The summed E-state index contributed by atoms with van der Waals surface area (Å²) in [4.78, 5) is 16.5. The molecule has 1 fully saturated rings. The molecule has 132 valence electrons. The Bertz CT molecular complexity index is 684. The van der Waals surface area contributed by atoms with Gasteiger partial charge in [0.15, 0.2) is 0 Å². The number of rotatable bonds is 5. The summed E-state index contributed by atoms with van der Waals surface area (Å²) in [5.74, 6) is 0. The van der Waals surface area contributed by atoms with Gasteiger partial charge in [0.25, 0.3) is 0 Å². The van der Waals surface area contributed by atoms with Crippen LogP contribution < -0.4 is 5.32 Å². The van der Waals surface area contributed by atoms with Crippen molar-refractivity contribution in [1.29, 1.82) is 0 Å². The molecule has 0 bridgehead atoms. The van der Waals surface area contributed by atoms with E-state index in [0.29, 0.717) is 6.54 Å². The molecule has 1 aliphatic rings. The number of nitrogens with zero attached hydrogens (tertiary/aromatic N) is 2. The maximum absolute atomic E-state index is 12.4. The minimum atomic E-state index is 0.00934. The predicted octanol–water partition coefficient (Wildman–Crippen LogP) is 3.59. The van der Waals surface area contributed by atoms with Crippen LogP contribution in [-0.4, -0.2) is 48.6 Å². The van der Waals surface area contributed by atoms with Gasteiger partial charge < -0.3 is 15.1 Å². The summed E-state index contributed by atoms with van der Waals surface area (Å²) in [5.41, 5.74) is 3.54. The van der Waals surface area contributed by atoms with E-state index in [0.717, 1.165) is 31.6 Å². The lowest BCUT2D eigenvalue weighted by Crippen LogP contribution is -2.43. The highest BCUT2D eigenvalue weighted by Gasteiger charge is 2.23. The van der Waals surface area contributed by atoms with Crippen molar-refractivity contribution in [2.75, 3.05) is 26.7 Å². The van der Waals surface area contributed by atoms with Gasteiger partial charge in [0.1, 0.15) is 0 Å². The van der Waals surface area contributed by atoms with Gasteiger partial charge in [0.05, 0.1) is 0 Å². The normalized spacial score (nSPS) is 17.4. The monoisotopic (exact) mass is 337 g/mol. The van der Waals surface area contributed by atoms with Crippen LogP contribution in [0.25, 0.3) is 11.1 Å². The van der Waals surface area contributed by atoms with E-state index in [4.69, 9.17) is 0 Å². The molecule has 1 saturated heterocycles. The molecule has 0 saturated carbocycles. The highest BCUT2D eigenvalue weighted by molar-refractivity contribution is 5.74. The van der Waals surface area contributed by atoms with Gasteiger partial charge in [-0.2, -0.15) is 0 Å². The van der Waals surface area contributed by atoms with E-state index >= 15 is 0 Å². The van der Waals surface area contributed by atoms with E-state index in [1.165, 1.54) is 11.1 Å². The van der Waals surface area contributed by atoms with Crippen molar-refractivity contribution in [3.63, 3.8) is 0 Å². The van der Waals surface area contributed by atoms with Gasteiger partial charge in [-0.25, -0.2) is 4.79 Å². The Morgan fingerprint density at radius 2 is 1.80 bits per heavy atom. The van der Waals surface area contributed by atoms with Crippen molar-refractivity contribution < 1.29 is 4.79 Å². The fourth-order valence-corrected chi connectivity index (χ4v) is 3.30. The number of hydrogen-bond donors (Lipinski definition) is 1. The van der Waals surface area contributed by atoms with Crippen molar-refractivity contribution >= 4 is 6.03 Å². The number of hydrogen-bond acceptors (Lipinski definition) is 2. The molecule has 1 atom stereocenters. The topological polar surface area (TPSA) is 35.6 Å². The highest BCUT2D eigenvalue weighted by atomic mass is 16.2. The summed E-state index contributed by atoms with van der Waals surface area (Å²) < 4.78 is 0. The molecule has 0 aliphatic carbocycles. The second-order valence-corrected chi connectivity index (χ2v) is 6.75. The molecule has 2 aromatic rings. The number of likely N-dealkylation sites (N-methyl/N-ethyl adjacent to an activating group) is 1. The third kappa shape index (κ3) is 4.60. The van der Waals surface area contributed by atoms with Crippen molar-refractivity contribution in [2.24, 2.45) is 0 Å². The van der Waals surface area contributed by atoms with Crippen LogP contribution in [0.1, 0.15) is 18.9 Å². The molecule has 1 aliphatic heterocycles. The minimum absolute atomic E-state index is 0.00934. The lowest BCUT2D eigenvalue weighted by molar-refractivity contribution is 0.202. The first-order valence-corrected chi connectivity index (χ1v) is 9.04. The SMILES string of the molecule is CCN1CC[C@@H](NC(=O)N(C)Cc2ccc(-c3ccccc3)cc2)C1. The van der Waals surface area contributed by atoms with Crippen LogP contribution in [0, 0.1) is 0 Å². The first kappa shape index (κ1) is 17.5. The Labute approximate surface area is 150 Å². The molecular weight excluding hydrogens is 310 g/mol. The number of amides is 2. The number of carbonyl (C=O) groups excluding carboxylic acids is 1. The Morgan fingerprint density at radius 1 is 1.12 bits per heavy atom. The van der Waals surface area contributed by atoms with Crippen molar-refractivity contribution in [3.8, 4) is 11.1 Å². The fraction of sp³-hybridized carbons (Fsp3) is 0.381. The molecule has 2 aromatic carbocycles. The van der Waals surface area contributed by atoms with Gasteiger partial charge in [-0.3, -0.25) is 0 Å². The van der Waals surface area contributed by atoms with E-state index in [-0.39, 0.29) is 12.1 Å². The standard InChI is InChI=1S/C21H27N3O/c1-3-24-14-13-20(16-24)22-21(25)23(2)15-17-9-11-19(12-10-17)18-7-5-4-6-8-18/h4-12,20H,3,13-16H2,1-2H3,(H,22,25)/t20-/m1/s1. The number of benzene rings is 2. The molecule has 25 heavy (non-hydrogen) atoms. The van der Waals surface area contributed by atoms with Crippen LogP contribution in [0.5, 0.6) is 0 Å². The molecule has 1 heterocycles. The number of likely N-dealkylation sites (tertiary alicyclic amines) is 1. The Balaban J connectivity index is 1.54. The van der Waals surface area contributed by atoms with E-state index < -0.39 is 0 Å². The summed E-state index contributed by atoms with van der Waals surface area (Å²) in [6, 6.07) is 19.0. The molecule has 0 aromatic heterocycles. The van der Waals surface area contributed by atoms with E-state index in [9.17, 15) is 4.79 Å². The van der Waals surface area contributed by atoms with Gasteiger partial charge in [0, 0.05) is 32.7 Å². The first-order valence-electron chi connectivity index (χ1n) is 9.04. The average Bonchev–Trinajstić information content (AvgIpc) is 3.10. The smallest absolute Gasteiger partial charge is 0.317 e. The van der Waals surface area contributed by atoms with E-state index in [1.807, 2.05) is 25.2 Å². The van der Waals surface area contributed by atoms with Crippen LogP contribution >= 0.6 is 0 Å². The zero-order chi connectivity index (χ0) is 17.6. The summed E-state index contributed by atoms with van der Waals surface area (Å²) in [7, 11) is 1.85. The van der Waals surface area contributed by atoms with Gasteiger partial charge in [-0.15, -0.1) is 0 Å². The quantitative estimate of drug-likeness (QED) is 0.905. The lowest BCUT2D eigenvalue weighted by Gasteiger charge is -2.21. The van der Waals surface area contributed by atoms with Crippen LogP contribution in [-0.2, 0) is 6.54 Å². The molecule has 3 rings (SSSR count). The second-order valence-electron chi connectivity index (χ2n) is 6.75. The van der Waals surface area contributed by atoms with Crippen LogP contribution in [0.15, 0.2) is 54.6 Å². The average molecular weight is 337 g/mol. The third-order valence-corrected chi connectivity index (χ3v) is 4.87. The summed E-state index contributed by atoms with van der Waals surface area (Å²) in [6.45, 7) is 5.87. The summed E-state index contributed by atoms with van der Waals surface area (Å²) in [5, 5.41) is 3.15. The molecule has 4 nitrogen and oxygen atoms in total. The molecule has 4 heteroatoms. The zero-order valence-corrected chi connectivity index (χ0v) is 15.1. The Morgan fingerprint density at radius 3 is 2.44 bits per heavy atom. The molecule has 0 spiro atoms. The van der Waals surface area contributed by atoms with Crippen molar-refractivity contribution in [1.82, 2.24) is 15.1 Å². The van der Waals surface area contributed by atoms with Crippen LogP contribution in [0.4, 0.5) is 4.79 Å². The van der Waals surface area contributed by atoms with Crippen LogP contribution in [0.3, 0.4) is 0 Å². The maximum Gasteiger partial charge on any atom is 0.317 e. The maximum atomic E-state index is 12.4. The van der Waals surface area contributed by atoms with E-state index in [2.05, 4.69) is 53.5 Å². The molecule has 2 amide bonds. The Hall–Kier alpha value is -2.33. The van der Waals surface area contributed by atoms with Gasteiger partial charge >= 0.3 is 6.03 Å². The third-order valence-electron chi connectivity index (χ3n) is 4.87. The van der Waals surface area contributed by atoms with E-state index in [1.54, 1.807) is 4.90 Å². The number of nitrogens with one attached hydrogen (secondary N) is 1. The molecular formula is C21H27N3O. The lowest BCUT2D eigenvalue weighted by atomic mass is 10.0. The molecule has 0 radical (unpaired) electrons. The van der Waals surface area contributed by atoms with Crippen LogP contribution in [0.2, 0.25) is 0 Å². The zero-order valence-electron chi connectivity index (χ0n) is 15.1. The van der Waals surface area contributed by atoms with Gasteiger partial charge in [0.2, 0.25) is 0 Å². The first-order chi connectivity index (χ1) is 12.2. The highest BCUT2D eigenvalue weighted by Crippen LogP contribution is 2.19. The summed E-state index contributed by atoms with van der Waals surface area (Å²) >= 11 is 0. The Kier molecular flexibility index (Phi) is 5.71.